The fourth-order valence-electron chi connectivity index (χ4n) is 4.47. The summed E-state index contributed by atoms with van der Waals surface area (Å²) in [4.78, 5) is 38.9. The standard InChI is InChI=1S/C29H32ClN3O2.C5H6O2/c30-26-17-16-25-15-14-24-11-4-5-12-27(24)33(28(25)21-26)20-7-6-18-31-19-8-13-29(34)32-35-22-23-9-2-1-3-10-23;1-5(7)3-2-4-6/h1-5,8-13,16-17,21,31H,6-7,14-15,18-20,22H2,(H,32,34);2-4H,1H3/b13-8+;3-2-. The molecule has 1 amide bonds. The number of nitrogens with zero attached hydrogens (tertiary/aromatic N) is 1. The Labute approximate surface area is 253 Å². The van der Waals surface area contributed by atoms with Crippen molar-refractivity contribution in [3.63, 3.8) is 0 Å². The molecule has 4 rings (SSSR count). The zero-order chi connectivity index (χ0) is 30.0. The molecule has 1 aliphatic rings. The first-order valence-corrected chi connectivity index (χ1v) is 14.4. The summed E-state index contributed by atoms with van der Waals surface area (Å²) >= 11 is 6.35. The first kappa shape index (κ1) is 32.5. The summed E-state index contributed by atoms with van der Waals surface area (Å²) in [5.41, 5.74) is 8.68. The molecule has 0 radical (unpaired) electrons. The van der Waals surface area contributed by atoms with E-state index in [-0.39, 0.29) is 11.7 Å². The molecular weight excluding hydrogens is 550 g/mol. The maximum atomic E-state index is 11.8. The van der Waals surface area contributed by atoms with E-state index in [1.807, 2.05) is 42.5 Å². The van der Waals surface area contributed by atoms with Gasteiger partial charge in [0.25, 0.3) is 5.91 Å². The van der Waals surface area contributed by atoms with Crippen LogP contribution < -0.4 is 15.7 Å². The molecule has 0 saturated heterocycles. The Hall–Kier alpha value is -4.04. The summed E-state index contributed by atoms with van der Waals surface area (Å²) in [6.07, 6.45) is 10.4. The molecule has 0 atom stereocenters. The molecule has 0 fully saturated rings. The minimum Gasteiger partial charge on any atom is -0.341 e. The van der Waals surface area contributed by atoms with Crippen LogP contribution in [0, 0.1) is 0 Å². The highest BCUT2D eigenvalue weighted by molar-refractivity contribution is 6.30. The largest absolute Gasteiger partial charge is 0.341 e. The van der Waals surface area contributed by atoms with Crippen LogP contribution in [0.15, 0.2) is 97.1 Å². The zero-order valence-corrected chi connectivity index (χ0v) is 24.7. The summed E-state index contributed by atoms with van der Waals surface area (Å²) in [6, 6.07) is 24.6. The number of para-hydroxylation sites is 1. The second kappa shape index (κ2) is 18.4. The Morgan fingerprint density at radius 2 is 1.67 bits per heavy atom. The SMILES string of the molecule is CC(=O)/C=C\C=O.O=C(/C=C/CNCCCCN1c2ccccc2CCc2ccc(Cl)cc21)NOCc1ccccc1. The zero-order valence-electron chi connectivity index (χ0n) is 23.9. The second-order valence-electron chi connectivity index (χ2n) is 9.71. The highest BCUT2D eigenvalue weighted by Gasteiger charge is 2.20. The number of ketones is 1. The molecular formula is C34H38ClN3O4. The minimum absolute atomic E-state index is 0.105. The lowest BCUT2D eigenvalue weighted by Gasteiger charge is -2.27. The first-order chi connectivity index (χ1) is 20.5. The van der Waals surface area contributed by atoms with Crippen LogP contribution >= 0.6 is 11.6 Å². The summed E-state index contributed by atoms with van der Waals surface area (Å²) in [6.45, 7) is 4.19. The van der Waals surface area contributed by atoms with Crippen LogP contribution in [0.1, 0.15) is 36.5 Å². The van der Waals surface area contributed by atoms with E-state index < -0.39 is 0 Å². The van der Waals surface area contributed by atoms with Gasteiger partial charge in [-0.1, -0.05) is 72.3 Å². The quantitative estimate of drug-likeness (QED) is 0.109. The van der Waals surface area contributed by atoms with E-state index >= 15 is 0 Å². The molecule has 8 heteroatoms. The smallest absolute Gasteiger partial charge is 0.267 e. The van der Waals surface area contributed by atoms with Crippen LogP contribution in [-0.4, -0.2) is 37.6 Å². The predicted octanol–water partition coefficient (Wildman–Crippen LogP) is 6.08. The lowest BCUT2D eigenvalue weighted by atomic mass is 10.0. The number of benzene rings is 3. The lowest BCUT2D eigenvalue weighted by Crippen LogP contribution is -2.23. The molecule has 1 heterocycles. The Balaban J connectivity index is 0.000000616. The van der Waals surface area contributed by atoms with Crippen molar-refractivity contribution in [2.75, 3.05) is 24.5 Å². The Morgan fingerprint density at radius 1 is 0.929 bits per heavy atom. The number of halogens is 1. The van der Waals surface area contributed by atoms with Crippen LogP contribution in [0.25, 0.3) is 0 Å². The molecule has 7 nitrogen and oxygen atoms in total. The van der Waals surface area contributed by atoms with Crippen molar-refractivity contribution in [1.29, 1.82) is 0 Å². The molecule has 0 bridgehead atoms. The summed E-state index contributed by atoms with van der Waals surface area (Å²) in [7, 11) is 0. The van der Waals surface area contributed by atoms with Gasteiger partial charge < -0.3 is 10.2 Å². The van der Waals surface area contributed by atoms with Gasteiger partial charge >= 0.3 is 0 Å². The number of unbranched alkanes of at least 4 members (excludes halogenated alkanes) is 1. The number of allylic oxidation sites excluding steroid dienone is 2. The summed E-state index contributed by atoms with van der Waals surface area (Å²) < 4.78 is 0. The Morgan fingerprint density at radius 3 is 2.40 bits per heavy atom. The number of anilines is 2. The van der Waals surface area contributed by atoms with Gasteiger partial charge in [-0.2, -0.15) is 0 Å². The molecule has 42 heavy (non-hydrogen) atoms. The van der Waals surface area contributed by atoms with Crippen LogP contribution in [0.2, 0.25) is 5.02 Å². The number of aryl methyl sites for hydroxylation is 2. The van der Waals surface area contributed by atoms with E-state index in [1.54, 1.807) is 0 Å². The molecule has 3 aromatic rings. The first-order valence-electron chi connectivity index (χ1n) is 14.1. The van der Waals surface area contributed by atoms with Gasteiger partial charge in [0.15, 0.2) is 5.78 Å². The fraction of sp³-hybridized carbons (Fsp3) is 0.265. The van der Waals surface area contributed by atoms with Crippen molar-refractivity contribution >= 4 is 41.0 Å². The number of amides is 1. The molecule has 2 N–H and O–H groups in total. The van der Waals surface area contributed by atoms with E-state index in [1.165, 1.54) is 47.7 Å². The monoisotopic (exact) mass is 587 g/mol. The van der Waals surface area contributed by atoms with Crippen LogP contribution in [-0.2, 0) is 38.7 Å². The molecule has 220 valence electrons. The molecule has 0 spiro atoms. The topological polar surface area (TPSA) is 87.7 Å². The Bertz CT molecular complexity index is 1360. The van der Waals surface area contributed by atoms with Crippen molar-refractivity contribution in [1.82, 2.24) is 10.8 Å². The van der Waals surface area contributed by atoms with Crippen molar-refractivity contribution in [3.05, 3.63) is 119 Å². The second-order valence-corrected chi connectivity index (χ2v) is 10.1. The van der Waals surface area contributed by atoms with Crippen molar-refractivity contribution in [3.8, 4) is 0 Å². The highest BCUT2D eigenvalue weighted by atomic mass is 35.5. The molecule has 3 aromatic carbocycles. The molecule has 0 aliphatic carbocycles. The number of nitrogens with one attached hydrogen (secondary N) is 2. The maximum absolute atomic E-state index is 11.8. The number of hydroxylamine groups is 1. The van der Waals surface area contributed by atoms with E-state index in [9.17, 15) is 14.4 Å². The Kier molecular flexibility index (Phi) is 14.2. The number of carbonyl (C=O) groups is 3. The van der Waals surface area contributed by atoms with Gasteiger partial charge in [0.2, 0.25) is 0 Å². The van der Waals surface area contributed by atoms with E-state index in [0.717, 1.165) is 49.4 Å². The number of hydrogen-bond donors (Lipinski definition) is 2. The van der Waals surface area contributed by atoms with E-state index in [0.29, 0.717) is 19.4 Å². The normalized spacial score (nSPS) is 12.2. The van der Waals surface area contributed by atoms with Gasteiger partial charge in [0.1, 0.15) is 6.29 Å². The van der Waals surface area contributed by atoms with Crippen LogP contribution in [0.5, 0.6) is 0 Å². The van der Waals surface area contributed by atoms with E-state index in [2.05, 4.69) is 52.1 Å². The number of aldehydes is 1. The van der Waals surface area contributed by atoms with Gasteiger partial charge in [0.05, 0.1) is 6.61 Å². The van der Waals surface area contributed by atoms with Crippen molar-refractivity contribution in [2.45, 2.75) is 39.2 Å². The fourth-order valence-corrected chi connectivity index (χ4v) is 4.64. The molecule has 0 aromatic heterocycles. The molecule has 0 saturated carbocycles. The predicted molar refractivity (Wildman–Crippen MR) is 169 cm³/mol. The third-order valence-electron chi connectivity index (χ3n) is 6.46. The average molecular weight is 588 g/mol. The van der Waals surface area contributed by atoms with Crippen molar-refractivity contribution in [2.24, 2.45) is 0 Å². The van der Waals surface area contributed by atoms with Gasteiger partial charge in [-0.25, -0.2) is 5.48 Å². The molecule has 1 aliphatic heterocycles. The third kappa shape index (κ3) is 11.4. The minimum atomic E-state index is -0.264. The van der Waals surface area contributed by atoms with Gasteiger partial charge in [0, 0.05) is 35.6 Å². The van der Waals surface area contributed by atoms with Crippen LogP contribution in [0.4, 0.5) is 11.4 Å². The highest BCUT2D eigenvalue weighted by Crippen LogP contribution is 2.37. The molecule has 0 unspecified atom stereocenters. The summed E-state index contributed by atoms with van der Waals surface area (Å²) in [5.74, 6) is -0.369. The van der Waals surface area contributed by atoms with Gasteiger partial charge in [-0.15, -0.1) is 0 Å². The van der Waals surface area contributed by atoms with Gasteiger partial charge in [-0.3, -0.25) is 19.2 Å². The van der Waals surface area contributed by atoms with Gasteiger partial charge in [-0.05, 0) is 86.2 Å². The number of carbonyl (C=O) groups excluding carboxylic acids is 3. The maximum Gasteiger partial charge on any atom is 0.267 e. The van der Waals surface area contributed by atoms with Crippen molar-refractivity contribution < 1.29 is 19.2 Å². The van der Waals surface area contributed by atoms with E-state index in [4.69, 9.17) is 16.4 Å². The van der Waals surface area contributed by atoms with Crippen LogP contribution in [0.3, 0.4) is 0 Å². The third-order valence-corrected chi connectivity index (χ3v) is 6.70. The average Bonchev–Trinajstić information content (AvgIpc) is 3.14. The summed E-state index contributed by atoms with van der Waals surface area (Å²) in [5, 5.41) is 4.15. The number of fused-ring (bicyclic) bond motifs is 2. The lowest BCUT2D eigenvalue weighted by molar-refractivity contribution is -0.129. The number of rotatable bonds is 13. The number of hydrogen-bond acceptors (Lipinski definition) is 6.